The van der Waals surface area contributed by atoms with Gasteiger partial charge in [-0.05, 0) is 56.9 Å². The summed E-state index contributed by atoms with van der Waals surface area (Å²) in [5.41, 5.74) is 0. The van der Waals surface area contributed by atoms with Crippen molar-refractivity contribution in [1.29, 1.82) is 0 Å². The largest absolute Gasteiger partial charge is 0.315 e. The minimum atomic E-state index is 0.718. The molecule has 3 fully saturated rings. The fourth-order valence-corrected chi connectivity index (χ4v) is 4.47. The SMILES string of the molecule is CNC1CCC(C(C)C)CC1N1CCN(CC2CC2)CC1. The van der Waals surface area contributed by atoms with Crippen LogP contribution in [0.4, 0.5) is 0 Å². The average molecular weight is 293 g/mol. The molecule has 2 aliphatic carbocycles. The molecule has 1 heterocycles. The number of hydrogen-bond acceptors (Lipinski definition) is 3. The number of nitrogens with one attached hydrogen (secondary N) is 1. The summed E-state index contributed by atoms with van der Waals surface area (Å²) < 4.78 is 0. The van der Waals surface area contributed by atoms with E-state index in [0.29, 0.717) is 0 Å². The van der Waals surface area contributed by atoms with Crippen molar-refractivity contribution in [1.82, 2.24) is 15.1 Å². The maximum Gasteiger partial charge on any atom is 0.0253 e. The molecule has 2 saturated carbocycles. The highest BCUT2D eigenvalue weighted by atomic mass is 15.3. The Balaban J connectivity index is 1.53. The second kappa shape index (κ2) is 6.97. The van der Waals surface area contributed by atoms with E-state index in [-0.39, 0.29) is 0 Å². The molecule has 0 aromatic carbocycles. The smallest absolute Gasteiger partial charge is 0.0253 e. The van der Waals surface area contributed by atoms with Gasteiger partial charge >= 0.3 is 0 Å². The van der Waals surface area contributed by atoms with Crippen molar-refractivity contribution in [3.05, 3.63) is 0 Å². The minimum Gasteiger partial charge on any atom is -0.315 e. The Morgan fingerprint density at radius 1 is 1.00 bits per heavy atom. The lowest BCUT2D eigenvalue weighted by molar-refractivity contribution is 0.0410. The molecule has 0 aromatic heterocycles. The standard InChI is InChI=1S/C18H35N3/c1-14(2)16-6-7-17(19-3)18(12-16)21-10-8-20(9-11-21)13-15-4-5-15/h14-19H,4-13H2,1-3H3. The third-order valence-corrected chi connectivity index (χ3v) is 6.26. The molecule has 3 heteroatoms. The molecule has 0 bridgehead atoms. The predicted molar refractivity (Wildman–Crippen MR) is 89.6 cm³/mol. The Morgan fingerprint density at radius 2 is 1.71 bits per heavy atom. The molecule has 0 radical (unpaired) electrons. The van der Waals surface area contributed by atoms with E-state index in [1.54, 1.807) is 0 Å². The van der Waals surface area contributed by atoms with E-state index in [4.69, 9.17) is 0 Å². The molecule has 122 valence electrons. The summed E-state index contributed by atoms with van der Waals surface area (Å²) in [5.74, 6) is 2.83. The Hall–Kier alpha value is -0.120. The highest BCUT2D eigenvalue weighted by Crippen LogP contribution is 2.34. The third kappa shape index (κ3) is 4.00. The van der Waals surface area contributed by atoms with Gasteiger partial charge in [0.2, 0.25) is 0 Å². The van der Waals surface area contributed by atoms with Crippen LogP contribution in [0.3, 0.4) is 0 Å². The highest BCUT2D eigenvalue weighted by molar-refractivity contribution is 4.93. The third-order valence-electron chi connectivity index (χ3n) is 6.26. The molecule has 3 rings (SSSR count). The number of piperazine rings is 1. The van der Waals surface area contributed by atoms with Crippen LogP contribution >= 0.6 is 0 Å². The first-order chi connectivity index (χ1) is 10.2. The summed E-state index contributed by atoms with van der Waals surface area (Å²) in [6, 6.07) is 1.49. The molecule has 3 unspecified atom stereocenters. The molecule has 0 amide bonds. The average Bonchev–Trinajstić information content (AvgIpc) is 3.31. The van der Waals surface area contributed by atoms with Crippen LogP contribution in [0.15, 0.2) is 0 Å². The Bertz CT molecular complexity index is 318. The number of likely N-dealkylation sites (N-methyl/N-ethyl adjacent to an activating group) is 1. The summed E-state index contributed by atoms with van der Waals surface area (Å²) >= 11 is 0. The van der Waals surface area contributed by atoms with Crippen LogP contribution in [-0.4, -0.2) is 61.7 Å². The number of hydrogen-bond donors (Lipinski definition) is 1. The summed E-state index contributed by atoms with van der Waals surface area (Å²) in [7, 11) is 2.16. The lowest BCUT2D eigenvalue weighted by Crippen LogP contribution is -2.58. The van der Waals surface area contributed by atoms with Crippen molar-refractivity contribution in [3.8, 4) is 0 Å². The number of rotatable bonds is 5. The first-order valence-corrected chi connectivity index (χ1v) is 9.31. The summed E-state index contributed by atoms with van der Waals surface area (Å²) in [5, 5.41) is 3.61. The highest BCUT2D eigenvalue weighted by Gasteiger charge is 2.36. The summed E-state index contributed by atoms with van der Waals surface area (Å²) in [6.07, 6.45) is 7.17. The Labute approximate surface area is 131 Å². The zero-order chi connectivity index (χ0) is 14.8. The summed E-state index contributed by atoms with van der Waals surface area (Å²) in [4.78, 5) is 5.52. The Morgan fingerprint density at radius 3 is 2.29 bits per heavy atom. The van der Waals surface area contributed by atoms with Gasteiger partial charge in [-0.1, -0.05) is 13.8 Å². The van der Waals surface area contributed by atoms with Crippen molar-refractivity contribution in [2.45, 2.75) is 58.0 Å². The van der Waals surface area contributed by atoms with E-state index in [2.05, 4.69) is 36.0 Å². The van der Waals surface area contributed by atoms with Gasteiger partial charge in [-0.2, -0.15) is 0 Å². The fraction of sp³-hybridized carbons (Fsp3) is 1.00. The van der Waals surface area contributed by atoms with Crippen LogP contribution in [0.25, 0.3) is 0 Å². The van der Waals surface area contributed by atoms with Gasteiger partial charge in [-0.15, -0.1) is 0 Å². The van der Waals surface area contributed by atoms with Crippen molar-refractivity contribution in [3.63, 3.8) is 0 Å². The molecular weight excluding hydrogens is 258 g/mol. The van der Waals surface area contributed by atoms with Gasteiger partial charge in [0, 0.05) is 44.8 Å². The molecule has 1 saturated heterocycles. The van der Waals surface area contributed by atoms with E-state index in [0.717, 1.165) is 29.8 Å². The van der Waals surface area contributed by atoms with Gasteiger partial charge in [0.15, 0.2) is 0 Å². The summed E-state index contributed by atoms with van der Waals surface area (Å²) in [6.45, 7) is 11.4. The predicted octanol–water partition coefficient (Wildman–Crippen LogP) is 2.43. The molecule has 21 heavy (non-hydrogen) atoms. The Kier molecular flexibility index (Phi) is 5.23. The first kappa shape index (κ1) is 15.8. The fourth-order valence-electron chi connectivity index (χ4n) is 4.47. The monoisotopic (exact) mass is 293 g/mol. The maximum absolute atomic E-state index is 3.61. The van der Waals surface area contributed by atoms with Gasteiger partial charge in [0.25, 0.3) is 0 Å². The van der Waals surface area contributed by atoms with E-state index >= 15 is 0 Å². The van der Waals surface area contributed by atoms with E-state index < -0.39 is 0 Å². The van der Waals surface area contributed by atoms with Crippen molar-refractivity contribution >= 4 is 0 Å². The quantitative estimate of drug-likeness (QED) is 0.840. The first-order valence-electron chi connectivity index (χ1n) is 9.31. The molecule has 3 atom stereocenters. The van der Waals surface area contributed by atoms with E-state index in [1.807, 2.05) is 0 Å². The maximum atomic E-state index is 3.61. The van der Waals surface area contributed by atoms with E-state index in [9.17, 15) is 0 Å². The second-order valence-corrected chi connectivity index (χ2v) is 8.06. The molecular formula is C18H35N3. The lowest BCUT2D eigenvalue weighted by Gasteiger charge is -2.46. The molecule has 0 spiro atoms. The lowest BCUT2D eigenvalue weighted by atomic mass is 9.76. The van der Waals surface area contributed by atoms with Crippen LogP contribution in [0.5, 0.6) is 0 Å². The second-order valence-electron chi connectivity index (χ2n) is 8.06. The molecule has 3 nitrogen and oxygen atoms in total. The van der Waals surface area contributed by atoms with Crippen LogP contribution in [0, 0.1) is 17.8 Å². The van der Waals surface area contributed by atoms with Gasteiger partial charge in [0.1, 0.15) is 0 Å². The minimum absolute atomic E-state index is 0.718. The van der Waals surface area contributed by atoms with Gasteiger partial charge in [-0.25, -0.2) is 0 Å². The van der Waals surface area contributed by atoms with Crippen LogP contribution in [0.2, 0.25) is 0 Å². The zero-order valence-electron chi connectivity index (χ0n) is 14.4. The van der Waals surface area contributed by atoms with Gasteiger partial charge in [-0.3, -0.25) is 4.90 Å². The van der Waals surface area contributed by atoms with Crippen LogP contribution < -0.4 is 5.32 Å². The topological polar surface area (TPSA) is 18.5 Å². The number of nitrogens with zero attached hydrogens (tertiary/aromatic N) is 2. The van der Waals surface area contributed by atoms with E-state index in [1.165, 1.54) is 64.8 Å². The zero-order valence-corrected chi connectivity index (χ0v) is 14.4. The van der Waals surface area contributed by atoms with Gasteiger partial charge < -0.3 is 10.2 Å². The van der Waals surface area contributed by atoms with Crippen LogP contribution in [-0.2, 0) is 0 Å². The molecule has 1 aliphatic heterocycles. The van der Waals surface area contributed by atoms with Crippen LogP contribution in [0.1, 0.15) is 46.0 Å². The van der Waals surface area contributed by atoms with Crippen molar-refractivity contribution in [2.75, 3.05) is 39.8 Å². The normalized spacial score (nSPS) is 36.3. The van der Waals surface area contributed by atoms with Crippen molar-refractivity contribution in [2.24, 2.45) is 17.8 Å². The molecule has 0 aromatic rings. The van der Waals surface area contributed by atoms with Gasteiger partial charge in [0.05, 0.1) is 0 Å². The molecule has 3 aliphatic rings. The molecule has 1 N–H and O–H groups in total. The van der Waals surface area contributed by atoms with Crippen molar-refractivity contribution < 1.29 is 0 Å².